The number of aryl methyl sites for hydroxylation is 1. The number of thiophene rings is 1. The molecule has 0 saturated heterocycles. The first-order chi connectivity index (χ1) is 9.65. The molecule has 4 nitrogen and oxygen atoms in total. The van der Waals surface area contributed by atoms with Crippen LogP contribution >= 0.6 is 11.3 Å². The molecule has 0 aliphatic heterocycles. The maximum absolute atomic E-state index is 11.7. The summed E-state index contributed by atoms with van der Waals surface area (Å²) in [6.45, 7) is 4.53. The highest BCUT2D eigenvalue weighted by Gasteiger charge is 2.08. The van der Waals surface area contributed by atoms with Crippen LogP contribution in [-0.2, 0) is 17.8 Å². The van der Waals surface area contributed by atoms with Gasteiger partial charge < -0.3 is 9.84 Å². The minimum atomic E-state index is 0.0593. The molecule has 0 aromatic carbocycles. The number of carbonyl (C=O) groups excluding carboxylic acids is 1. The Hall–Kier alpha value is -1.62. The summed E-state index contributed by atoms with van der Waals surface area (Å²) in [5.74, 6) is 1.11. The van der Waals surface area contributed by atoms with E-state index in [1.165, 1.54) is 4.88 Å². The van der Waals surface area contributed by atoms with Crippen molar-refractivity contribution in [3.05, 3.63) is 39.9 Å². The van der Waals surface area contributed by atoms with E-state index in [2.05, 4.69) is 35.8 Å². The first-order valence-corrected chi connectivity index (χ1v) is 7.77. The molecule has 0 spiro atoms. The fourth-order valence-electron chi connectivity index (χ4n) is 1.84. The Bertz CT molecular complexity index is 532. The SMILES string of the molecule is CC(C)c1cc(CNC(=O)CCCc2cccs2)on1. The minimum absolute atomic E-state index is 0.0593. The first kappa shape index (κ1) is 14.8. The summed E-state index contributed by atoms with van der Waals surface area (Å²) in [6, 6.07) is 6.04. The fourth-order valence-corrected chi connectivity index (χ4v) is 2.59. The molecule has 2 rings (SSSR count). The molecule has 0 fully saturated rings. The van der Waals surface area contributed by atoms with Crippen LogP contribution < -0.4 is 5.32 Å². The smallest absolute Gasteiger partial charge is 0.220 e. The summed E-state index contributed by atoms with van der Waals surface area (Å²) in [4.78, 5) is 13.0. The van der Waals surface area contributed by atoms with E-state index in [0.29, 0.717) is 24.6 Å². The van der Waals surface area contributed by atoms with Crippen molar-refractivity contribution >= 4 is 17.2 Å². The van der Waals surface area contributed by atoms with Crippen molar-refractivity contribution in [2.45, 2.75) is 45.6 Å². The standard InChI is InChI=1S/C15H20N2O2S/c1-11(2)14-9-12(19-17-14)10-16-15(18)7-3-5-13-6-4-8-20-13/h4,6,8-9,11H,3,5,7,10H2,1-2H3,(H,16,18). The summed E-state index contributed by atoms with van der Waals surface area (Å²) >= 11 is 1.74. The van der Waals surface area contributed by atoms with Crippen LogP contribution in [0.4, 0.5) is 0 Å². The normalized spacial score (nSPS) is 10.9. The number of hydrogen-bond acceptors (Lipinski definition) is 4. The van der Waals surface area contributed by atoms with E-state index in [-0.39, 0.29) is 5.91 Å². The van der Waals surface area contributed by atoms with Crippen LogP contribution in [0.25, 0.3) is 0 Å². The third kappa shape index (κ3) is 4.49. The molecule has 1 N–H and O–H groups in total. The minimum Gasteiger partial charge on any atom is -0.359 e. The molecule has 0 atom stereocenters. The van der Waals surface area contributed by atoms with Gasteiger partial charge in [-0.3, -0.25) is 4.79 Å². The van der Waals surface area contributed by atoms with E-state index < -0.39 is 0 Å². The van der Waals surface area contributed by atoms with Crippen molar-refractivity contribution < 1.29 is 9.32 Å². The lowest BCUT2D eigenvalue weighted by atomic mass is 10.1. The van der Waals surface area contributed by atoms with E-state index in [1.807, 2.05) is 12.1 Å². The van der Waals surface area contributed by atoms with Crippen LogP contribution in [0.3, 0.4) is 0 Å². The molecule has 2 aromatic rings. The monoisotopic (exact) mass is 292 g/mol. The molecule has 0 saturated carbocycles. The molecule has 2 heterocycles. The average molecular weight is 292 g/mol. The second-order valence-electron chi connectivity index (χ2n) is 5.08. The summed E-state index contributed by atoms with van der Waals surface area (Å²) in [5.41, 5.74) is 0.923. The fraction of sp³-hybridized carbons (Fsp3) is 0.467. The Labute approximate surface area is 123 Å². The third-order valence-corrected chi connectivity index (χ3v) is 3.97. The Morgan fingerprint density at radius 1 is 1.50 bits per heavy atom. The van der Waals surface area contributed by atoms with E-state index in [9.17, 15) is 4.79 Å². The summed E-state index contributed by atoms with van der Waals surface area (Å²) in [5, 5.41) is 8.89. The van der Waals surface area contributed by atoms with Gasteiger partial charge >= 0.3 is 0 Å². The molecular weight excluding hydrogens is 272 g/mol. The molecular formula is C15H20N2O2S. The Morgan fingerprint density at radius 2 is 2.35 bits per heavy atom. The highest BCUT2D eigenvalue weighted by molar-refractivity contribution is 7.09. The lowest BCUT2D eigenvalue weighted by Crippen LogP contribution is -2.22. The van der Waals surface area contributed by atoms with Crippen molar-refractivity contribution in [3.63, 3.8) is 0 Å². The third-order valence-electron chi connectivity index (χ3n) is 3.04. The lowest BCUT2D eigenvalue weighted by Gasteiger charge is -2.02. The zero-order chi connectivity index (χ0) is 14.4. The van der Waals surface area contributed by atoms with Gasteiger partial charge in [-0.25, -0.2) is 0 Å². The number of aromatic nitrogens is 1. The van der Waals surface area contributed by atoms with Crippen molar-refractivity contribution in [1.29, 1.82) is 0 Å². The van der Waals surface area contributed by atoms with Gasteiger partial charge in [0.15, 0.2) is 5.76 Å². The number of rotatable bonds is 7. The summed E-state index contributed by atoms with van der Waals surface area (Å²) in [7, 11) is 0. The molecule has 20 heavy (non-hydrogen) atoms. The molecule has 0 unspecified atom stereocenters. The molecule has 5 heteroatoms. The number of hydrogen-bond donors (Lipinski definition) is 1. The maximum atomic E-state index is 11.7. The lowest BCUT2D eigenvalue weighted by molar-refractivity contribution is -0.121. The molecule has 0 radical (unpaired) electrons. The number of nitrogens with zero attached hydrogens (tertiary/aromatic N) is 1. The second kappa shape index (κ2) is 7.24. The maximum Gasteiger partial charge on any atom is 0.220 e. The van der Waals surface area contributed by atoms with Gasteiger partial charge in [-0.1, -0.05) is 25.1 Å². The van der Waals surface area contributed by atoms with Crippen molar-refractivity contribution in [2.24, 2.45) is 0 Å². The van der Waals surface area contributed by atoms with E-state index in [4.69, 9.17) is 4.52 Å². The first-order valence-electron chi connectivity index (χ1n) is 6.89. The van der Waals surface area contributed by atoms with Gasteiger partial charge in [0.25, 0.3) is 0 Å². The number of carbonyl (C=O) groups is 1. The Morgan fingerprint density at radius 3 is 3.00 bits per heavy atom. The van der Waals surface area contributed by atoms with E-state index in [1.54, 1.807) is 11.3 Å². The predicted octanol–water partition coefficient (Wildman–Crippen LogP) is 3.50. The zero-order valence-corrected chi connectivity index (χ0v) is 12.7. The molecule has 0 aliphatic rings. The van der Waals surface area contributed by atoms with Gasteiger partial charge in [0, 0.05) is 17.4 Å². The van der Waals surface area contributed by atoms with Gasteiger partial charge in [0.1, 0.15) is 0 Å². The van der Waals surface area contributed by atoms with Crippen LogP contribution in [0, 0.1) is 0 Å². The zero-order valence-electron chi connectivity index (χ0n) is 11.9. The van der Waals surface area contributed by atoms with Crippen molar-refractivity contribution in [1.82, 2.24) is 10.5 Å². The molecule has 108 valence electrons. The Balaban J connectivity index is 1.66. The summed E-state index contributed by atoms with van der Waals surface area (Å²) < 4.78 is 5.18. The van der Waals surface area contributed by atoms with Crippen LogP contribution in [-0.4, -0.2) is 11.1 Å². The predicted molar refractivity (Wildman–Crippen MR) is 79.7 cm³/mol. The van der Waals surface area contributed by atoms with E-state index >= 15 is 0 Å². The summed E-state index contributed by atoms with van der Waals surface area (Å²) in [6.07, 6.45) is 2.38. The van der Waals surface area contributed by atoms with Crippen LogP contribution in [0.1, 0.15) is 48.9 Å². The van der Waals surface area contributed by atoms with Crippen LogP contribution in [0.15, 0.2) is 28.1 Å². The molecule has 0 bridgehead atoms. The molecule has 1 amide bonds. The van der Waals surface area contributed by atoms with Gasteiger partial charge in [0.05, 0.1) is 12.2 Å². The van der Waals surface area contributed by atoms with Gasteiger partial charge in [0.2, 0.25) is 5.91 Å². The van der Waals surface area contributed by atoms with Crippen LogP contribution in [0.2, 0.25) is 0 Å². The van der Waals surface area contributed by atoms with Crippen molar-refractivity contribution in [2.75, 3.05) is 0 Å². The highest BCUT2D eigenvalue weighted by Crippen LogP contribution is 2.14. The van der Waals surface area contributed by atoms with Gasteiger partial charge in [-0.2, -0.15) is 0 Å². The molecule has 0 aliphatic carbocycles. The quantitative estimate of drug-likeness (QED) is 0.849. The Kier molecular flexibility index (Phi) is 5.35. The van der Waals surface area contributed by atoms with Crippen LogP contribution in [0.5, 0.6) is 0 Å². The number of amides is 1. The molecule has 2 aromatic heterocycles. The average Bonchev–Trinajstić information content (AvgIpc) is 3.07. The second-order valence-corrected chi connectivity index (χ2v) is 6.11. The van der Waals surface area contributed by atoms with Crippen molar-refractivity contribution in [3.8, 4) is 0 Å². The van der Waals surface area contributed by atoms with E-state index in [0.717, 1.165) is 18.5 Å². The largest absolute Gasteiger partial charge is 0.359 e. The van der Waals surface area contributed by atoms with Gasteiger partial charge in [-0.15, -0.1) is 11.3 Å². The van der Waals surface area contributed by atoms with Gasteiger partial charge in [-0.05, 0) is 30.2 Å². The highest BCUT2D eigenvalue weighted by atomic mass is 32.1. The number of nitrogens with one attached hydrogen (secondary N) is 1. The topological polar surface area (TPSA) is 55.1 Å².